The van der Waals surface area contributed by atoms with Crippen LogP contribution in [0.1, 0.15) is 20.8 Å². The zero-order chi connectivity index (χ0) is 10.7. The van der Waals surface area contributed by atoms with Crippen LogP contribution in [0, 0.1) is 5.92 Å². The molecule has 4 nitrogen and oxygen atoms in total. The lowest BCUT2D eigenvalue weighted by Crippen LogP contribution is -2.54. The topological polar surface area (TPSA) is 40.6 Å². The quantitative estimate of drug-likeness (QED) is 0.613. The maximum absolute atomic E-state index is 11.6. The average molecular weight is 198 g/mol. The number of rotatable bonds is 3. The van der Waals surface area contributed by atoms with Gasteiger partial charge in [-0.15, -0.1) is 0 Å². The van der Waals surface area contributed by atoms with Gasteiger partial charge in [0, 0.05) is 26.2 Å². The third kappa shape index (κ3) is 2.25. The molecule has 0 saturated carbocycles. The molecule has 0 aromatic carbocycles. The standard InChI is InChI=1S/C10H18N2O2/c1-4-11-5-6-12(7-8(2)3)10(14)9(11)13/h8H,4-7H2,1-3H3. The summed E-state index contributed by atoms with van der Waals surface area (Å²) in [5.41, 5.74) is 0. The summed E-state index contributed by atoms with van der Waals surface area (Å²) in [5, 5.41) is 0. The summed E-state index contributed by atoms with van der Waals surface area (Å²) < 4.78 is 0. The molecule has 0 aromatic heterocycles. The number of hydrogen-bond acceptors (Lipinski definition) is 2. The van der Waals surface area contributed by atoms with E-state index >= 15 is 0 Å². The monoisotopic (exact) mass is 198 g/mol. The predicted octanol–water partition coefficient (Wildman–Crippen LogP) is 0.333. The first-order valence-corrected chi connectivity index (χ1v) is 5.14. The molecule has 1 aliphatic heterocycles. The van der Waals surface area contributed by atoms with E-state index in [1.54, 1.807) is 9.80 Å². The van der Waals surface area contributed by atoms with Gasteiger partial charge in [-0.2, -0.15) is 0 Å². The van der Waals surface area contributed by atoms with Crippen molar-refractivity contribution in [1.29, 1.82) is 0 Å². The Morgan fingerprint density at radius 2 is 1.64 bits per heavy atom. The van der Waals surface area contributed by atoms with Crippen LogP contribution >= 0.6 is 0 Å². The van der Waals surface area contributed by atoms with Crippen LogP contribution in [-0.2, 0) is 9.59 Å². The van der Waals surface area contributed by atoms with Crippen LogP contribution in [0.5, 0.6) is 0 Å². The van der Waals surface area contributed by atoms with Gasteiger partial charge < -0.3 is 9.80 Å². The Bertz CT molecular complexity index is 238. The first-order valence-electron chi connectivity index (χ1n) is 5.14. The van der Waals surface area contributed by atoms with Crippen LogP contribution in [0.15, 0.2) is 0 Å². The van der Waals surface area contributed by atoms with Gasteiger partial charge in [0.2, 0.25) is 0 Å². The van der Waals surface area contributed by atoms with Gasteiger partial charge in [-0.3, -0.25) is 9.59 Å². The lowest BCUT2D eigenvalue weighted by Gasteiger charge is -2.33. The van der Waals surface area contributed by atoms with E-state index < -0.39 is 0 Å². The van der Waals surface area contributed by atoms with Gasteiger partial charge in [0.25, 0.3) is 0 Å². The molecule has 0 spiro atoms. The molecular formula is C10H18N2O2. The summed E-state index contributed by atoms with van der Waals surface area (Å²) in [6.07, 6.45) is 0. The van der Waals surface area contributed by atoms with Crippen LogP contribution in [0.25, 0.3) is 0 Å². The van der Waals surface area contributed by atoms with E-state index in [0.717, 1.165) is 0 Å². The van der Waals surface area contributed by atoms with Gasteiger partial charge in [0.05, 0.1) is 0 Å². The first kappa shape index (κ1) is 11.0. The van der Waals surface area contributed by atoms with E-state index in [1.165, 1.54) is 0 Å². The minimum Gasteiger partial charge on any atom is -0.333 e. The molecule has 0 aromatic rings. The number of piperazine rings is 1. The molecular weight excluding hydrogens is 180 g/mol. The van der Waals surface area contributed by atoms with Crippen molar-refractivity contribution in [3.63, 3.8) is 0 Å². The van der Waals surface area contributed by atoms with Crippen LogP contribution in [-0.4, -0.2) is 47.8 Å². The van der Waals surface area contributed by atoms with Crippen molar-refractivity contribution >= 4 is 11.8 Å². The summed E-state index contributed by atoms with van der Waals surface area (Å²) in [5.74, 6) is -0.272. The minimum absolute atomic E-state index is 0.341. The Morgan fingerprint density at radius 1 is 1.14 bits per heavy atom. The molecule has 0 unspecified atom stereocenters. The van der Waals surface area contributed by atoms with Crippen LogP contribution < -0.4 is 0 Å². The summed E-state index contributed by atoms with van der Waals surface area (Å²) in [4.78, 5) is 26.3. The zero-order valence-electron chi connectivity index (χ0n) is 9.12. The number of amides is 2. The van der Waals surface area contributed by atoms with E-state index in [9.17, 15) is 9.59 Å². The SMILES string of the molecule is CCN1CCN(CC(C)C)C(=O)C1=O. The lowest BCUT2D eigenvalue weighted by atomic mass is 10.2. The normalized spacial score (nSPS) is 18.3. The fourth-order valence-electron chi connectivity index (χ4n) is 1.63. The average Bonchev–Trinajstić information content (AvgIpc) is 2.13. The molecule has 80 valence electrons. The summed E-state index contributed by atoms with van der Waals surface area (Å²) in [6.45, 7) is 8.64. The first-order chi connectivity index (χ1) is 6.56. The molecule has 0 atom stereocenters. The Balaban J connectivity index is 2.60. The molecule has 0 N–H and O–H groups in total. The van der Waals surface area contributed by atoms with Gasteiger partial charge in [0.1, 0.15) is 0 Å². The molecule has 1 fully saturated rings. The summed E-state index contributed by atoms with van der Waals surface area (Å²) in [7, 11) is 0. The third-order valence-corrected chi connectivity index (χ3v) is 2.36. The molecule has 2 amide bonds. The molecule has 14 heavy (non-hydrogen) atoms. The van der Waals surface area contributed by atoms with Gasteiger partial charge in [-0.1, -0.05) is 13.8 Å². The van der Waals surface area contributed by atoms with E-state index in [4.69, 9.17) is 0 Å². The van der Waals surface area contributed by atoms with Gasteiger partial charge in [0.15, 0.2) is 0 Å². The molecule has 1 saturated heterocycles. The number of likely N-dealkylation sites (N-methyl/N-ethyl adjacent to an activating group) is 1. The highest BCUT2D eigenvalue weighted by Crippen LogP contribution is 2.07. The second-order valence-corrected chi connectivity index (χ2v) is 4.03. The second kappa shape index (κ2) is 4.44. The molecule has 1 heterocycles. The molecule has 1 rings (SSSR count). The Labute approximate surface area is 84.9 Å². The summed E-state index contributed by atoms with van der Waals surface area (Å²) in [6, 6.07) is 0. The Hall–Kier alpha value is -1.06. The van der Waals surface area contributed by atoms with Crippen molar-refractivity contribution in [2.24, 2.45) is 5.92 Å². The van der Waals surface area contributed by atoms with Crippen molar-refractivity contribution < 1.29 is 9.59 Å². The number of carbonyl (C=O) groups is 2. The molecule has 1 aliphatic rings. The van der Waals surface area contributed by atoms with Gasteiger partial charge >= 0.3 is 11.8 Å². The van der Waals surface area contributed by atoms with E-state index in [2.05, 4.69) is 0 Å². The highest BCUT2D eigenvalue weighted by molar-refractivity contribution is 6.35. The van der Waals surface area contributed by atoms with Crippen molar-refractivity contribution in [1.82, 2.24) is 9.80 Å². The highest BCUT2D eigenvalue weighted by atomic mass is 16.2. The van der Waals surface area contributed by atoms with E-state index in [-0.39, 0.29) is 11.8 Å². The molecule has 4 heteroatoms. The Kier molecular flexibility index (Phi) is 3.49. The van der Waals surface area contributed by atoms with Crippen molar-refractivity contribution in [2.75, 3.05) is 26.2 Å². The minimum atomic E-state index is -0.348. The maximum Gasteiger partial charge on any atom is 0.312 e. The summed E-state index contributed by atoms with van der Waals surface area (Å²) >= 11 is 0. The number of hydrogen-bond donors (Lipinski definition) is 0. The van der Waals surface area contributed by atoms with E-state index in [0.29, 0.717) is 32.1 Å². The zero-order valence-corrected chi connectivity index (χ0v) is 9.12. The van der Waals surface area contributed by atoms with Crippen molar-refractivity contribution in [3.05, 3.63) is 0 Å². The molecule has 0 radical (unpaired) electrons. The van der Waals surface area contributed by atoms with Gasteiger partial charge in [-0.05, 0) is 12.8 Å². The highest BCUT2D eigenvalue weighted by Gasteiger charge is 2.31. The predicted molar refractivity (Wildman–Crippen MR) is 53.7 cm³/mol. The maximum atomic E-state index is 11.6. The third-order valence-electron chi connectivity index (χ3n) is 2.36. The lowest BCUT2D eigenvalue weighted by molar-refractivity contribution is -0.156. The van der Waals surface area contributed by atoms with Crippen LogP contribution in [0.3, 0.4) is 0 Å². The number of nitrogens with zero attached hydrogens (tertiary/aromatic N) is 2. The van der Waals surface area contributed by atoms with Gasteiger partial charge in [-0.25, -0.2) is 0 Å². The second-order valence-electron chi connectivity index (χ2n) is 4.03. The molecule has 0 aliphatic carbocycles. The molecule has 0 bridgehead atoms. The van der Waals surface area contributed by atoms with E-state index in [1.807, 2.05) is 20.8 Å². The van der Waals surface area contributed by atoms with Crippen LogP contribution in [0.2, 0.25) is 0 Å². The fourth-order valence-corrected chi connectivity index (χ4v) is 1.63. The van der Waals surface area contributed by atoms with Crippen molar-refractivity contribution in [2.45, 2.75) is 20.8 Å². The largest absolute Gasteiger partial charge is 0.333 e. The smallest absolute Gasteiger partial charge is 0.312 e. The van der Waals surface area contributed by atoms with Crippen LogP contribution in [0.4, 0.5) is 0 Å². The fraction of sp³-hybridized carbons (Fsp3) is 0.800. The van der Waals surface area contributed by atoms with Crippen molar-refractivity contribution in [3.8, 4) is 0 Å². The Morgan fingerprint density at radius 3 is 2.14 bits per heavy atom. The number of carbonyl (C=O) groups excluding carboxylic acids is 2.